The fourth-order valence-electron chi connectivity index (χ4n) is 2.62. The Labute approximate surface area is 147 Å². The van der Waals surface area contributed by atoms with Gasteiger partial charge in [0.25, 0.3) is 0 Å². The van der Waals surface area contributed by atoms with Crippen LogP contribution in [0.25, 0.3) is 0 Å². The van der Waals surface area contributed by atoms with Crippen LogP contribution in [0.1, 0.15) is 26.3 Å². The van der Waals surface area contributed by atoms with Gasteiger partial charge in [-0.2, -0.15) is 0 Å². The first kappa shape index (κ1) is 19.8. The van der Waals surface area contributed by atoms with Gasteiger partial charge < -0.3 is 29.2 Å². The Kier molecular flexibility index (Phi) is 6.92. The summed E-state index contributed by atoms with van der Waals surface area (Å²) < 4.78 is 21.8. The summed E-state index contributed by atoms with van der Waals surface area (Å²) in [6.07, 6.45) is -4.82. The average molecular weight is 354 g/mol. The third-order valence-electron chi connectivity index (χ3n) is 3.87. The van der Waals surface area contributed by atoms with Crippen molar-refractivity contribution in [1.82, 2.24) is 0 Å². The van der Waals surface area contributed by atoms with Crippen LogP contribution in [0.15, 0.2) is 30.3 Å². The van der Waals surface area contributed by atoms with E-state index in [4.69, 9.17) is 18.9 Å². The molecule has 1 aliphatic heterocycles. The maximum atomic E-state index is 11.7. The molecule has 1 heterocycles. The topological polar surface area (TPSA) is 94.5 Å². The van der Waals surface area contributed by atoms with Crippen molar-refractivity contribution in [2.75, 3.05) is 13.2 Å². The second-order valence-corrected chi connectivity index (χ2v) is 6.32. The monoisotopic (exact) mass is 354 g/mol. The first-order chi connectivity index (χ1) is 11.8. The van der Waals surface area contributed by atoms with Crippen molar-refractivity contribution < 1.29 is 34.0 Å². The Hall–Kier alpha value is -1.51. The van der Waals surface area contributed by atoms with Crippen LogP contribution in [0.3, 0.4) is 0 Å². The Bertz CT molecular complexity index is 546. The molecule has 0 saturated carbocycles. The predicted molar refractivity (Wildman–Crippen MR) is 88.6 cm³/mol. The molecule has 0 aliphatic carbocycles. The molecule has 1 saturated heterocycles. The van der Waals surface area contributed by atoms with E-state index in [0.717, 1.165) is 5.56 Å². The molecule has 0 spiro atoms. The normalized spacial score (nSPS) is 23.0. The van der Waals surface area contributed by atoms with Crippen LogP contribution in [0.2, 0.25) is 0 Å². The van der Waals surface area contributed by atoms with E-state index in [9.17, 15) is 15.0 Å². The van der Waals surface area contributed by atoms with Crippen LogP contribution in [-0.2, 0) is 30.3 Å². The van der Waals surface area contributed by atoms with Crippen LogP contribution < -0.4 is 0 Å². The molecule has 0 unspecified atom stereocenters. The molecule has 4 atom stereocenters. The quantitative estimate of drug-likeness (QED) is 0.673. The molecule has 1 fully saturated rings. The fraction of sp³-hybridized carbons (Fsp3) is 0.611. The molecule has 0 aromatic heterocycles. The van der Waals surface area contributed by atoms with Crippen molar-refractivity contribution in [3.05, 3.63) is 35.9 Å². The fourth-order valence-corrected chi connectivity index (χ4v) is 2.62. The molecule has 1 aromatic rings. The lowest BCUT2D eigenvalue weighted by Gasteiger charge is -2.30. The summed E-state index contributed by atoms with van der Waals surface area (Å²) in [4.78, 5) is 11.7. The molecule has 140 valence electrons. The van der Waals surface area contributed by atoms with E-state index in [2.05, 4.69) is 0 Å². The molecule has 1 aromatic carbocycles. The van der Waals surface area contributed by atoms with Crippen molar-refractivity contribution in [3.8, 4) is 0 Å². The van der Waals surface area contributed by atoms with Gasteiger partial charge in [0.2, 0.25) is 0 Å². The minimum Gasteiger partial charge on any atom is -0.464 e. The number of rotatable bonds is 8. The molecule has 25 heavy (non-hydrogen) atoms. The van der Waals surface area contributed by atoms with Gasteiger partial charge in [-0.3, -0.25) is 0 Å². The van der Waals surface area contributed by atoms with Crippen LogP contribution in [0, 0.1) is 0 Å². The van der Waals surface area contributed by atoms with Gasteiger partial charge in [-0.05, 0) is 26.3 Å². The zero-order chi connectivity index (χ0) is 18.4. The maximum absolute atomic E-state index is 11.7. The Morgan fingerprint density at radius 3 is 2.56 bits per heavy atom. The summed E-state index contributed by atoms with van der Waals surface area (Å²) in [6.45, 7) is 5.59. The molecule has 0 bridgehead atoms. The van der Waals surface area contributed by atoms with Crippen molar-refractivity contribution in [2.24, 2.45) is 0 Å². The molecule has 0 radical (unpaired) electrons. The lowest BCUT2D eigenvalue weighted by atomic mass is 10.0. The first-order valence-electron chi connectivity index (χ1n) is 8.34. The lowest BCUT2D eigenvalue weighted by molar-refractivity contribution is -0.190. The summed E-state index contributed by atoms with van der Waals surface area (Å²) in [7, 11) is 0. The highest BCUT2D eigenvalue weighted by atomic mass is 16.7. The van der Waals surface area contributed by atoms with Gasteiger partial charge in [-0.1, -0.05) is 30.3 Å². The molecule has 1 aliphatic rings. The van der Waals surface area contributed by atoms with Crippen molar-refractivity contribution in [1.29, 1.82) is 0 Å². The van der Waals surface area contributed by atoms with E-state index in [0.29, 0.717) is 0 Å². The lowest BCUT2D eigenvalue weighted by Crippen LogP contribution is -2.50. The highest BCUT2D eigenvalue weighted by molar-refractivity contribution is 5.75. The molecule has 2 N–H and O–H groups in total. The largest absolute Gasteiger partial charge is 0.464 e. The van der Waals surface area contributed by atoms with E-state index < -0.39 is 36.2 Å². The van der Waals surface area contributed by atoms with Gasteiger partial charge in [0.15, 0.2) is 11.9 Å². The van der Waals surface area contributed by atoms with Crippen LogP contribution in [-0.4, -0.2) is 59.6 Å². The second-order valence-electron chi connectivity index (χ2n) is 6.32. The highest BCUT2D eigenvalue weighted by Crippen LogP contribution is 2.28. The second kappa shape index (κ2) is 8.73. The van der Waals surface area contributed by atoms with Gasteiger partial charge >= 0.3 is 5.97 Å². The third-order valence-corrected chi connectivity index (χ3v) is 3.87. The van der Waals surface area contributed by atoms with E-state index in [1.54, 1.807) is 20.8 Å². The number of hydrogen-bond donors (Lipinski definition) is 2. The Balaban J connectivity index is 2.09. The Morgan fingerprint density at radius 1 is 1.32 bits per heavy atom. The first-order valence-corrected chi connectivity index (χ1v) is 8.34. The van der Waals surface area contributed by atoms with Crippen molar-refractivity contribution in [3.63, 3.8) is 0 Å². The van der Waals surface area contributed by atoms with Crippen LogP contribution >= 0.6 is 0 Å². The molecule has 2 rings (SSSR count). The molecular formula is C18H26O7. The average Bonchev–Trinajstić information content (AvgIpc) is 2.95. The number of aliphatic hydroxyl groups excluding tert-OH is 2. The summed E-state index contributed by atoms with van der Waals surface area (Å²) in [5, 5.41) is 20.5. The highest BCUT2D eigenvalue weighted by Gasteiger charge is 2.44. The van der Waals surface area contributed by atoms with E-state index in [1.807, 2.05) is 30.3 Å². The van der Waals surface area contributed by atoms with Gasteiger partial charge in [0.05, 0.1) is 19.8 Å². The predicted octanol–water partition coefficient (Wildman–Crippen LogP) is 1.01. The van der Waals surface area contributed by atoms with Crippen molar-refractivity contribution in [2.45, 2.75) is 57.6 Å². The zero-order valence-corrected chi connectivity index (χ0v) is 14.8. The SMILES string of the molecule is CCOC(=O)[C@H](O)[C@@H](O)[C@@H](OCc1ccccc1)[C@@H]1COC(C)(C)O1. The molecule has 0 amide bonds. The number of ether oxygens (including phenoxy) is 4. The Morgan fingerprint density at radius 2 is 2.00 bits per heavy atom. The number of hydrogen-bond acceptors (Lipinski definition) is 7. The number of carbonyl (C=O) groups is 1. The summed E-state index contributed by atoms with van der Waals surface area (Å²) in [5.41, 5.74) is 0.892. The third kappa shape index (κ3) is 5.49. The van der Waals surface area contributed by atoms with Gasteiger partial charge in [-0.25, -0.2) is 4.79 Å². The smallest absolute Gasteiger partial charge is 0.337 e. The van der Waals surface area contributed by atoms with E-state index >= 15 is 0 Å². The molecule has 7 nitrogen and oxygen atoms in total. The molecule has 7 heteroatoms. The minimum absolute atomic E-state index is 0.105. The van der Waals surface area contributed by atoms with Gasteiger partial charge in [0.1, 0.15) is 18.3 Å². The zero-order valence-electron chi connectivity index (χ0n) is 14.8. The van der Waals surface area contributed by atoms with Crippen LogP contribution in [0.5, 0.6) is 0 Å². The minimum atomic E-state index is -1.73. The van der Waals surface area contributed by atoms with Gasteiger partial charge in [0, 0.05) is 0 Å². The number of esters is 1. The van der Waals surface area contributed by atoms with Gasteiger partial charge in [-0.15, -0.1) is 0 Å². The number of aliphatic hydroxyl groups is 2. The van der Waals surface area contributed by atoms with E-state index in [1.165, 1.54) is 0 Å². The maximum Gasteiger partial charge on any atom is 0.337 e. The summed E-state index contributed by atoms with van der Waals surface area (Å²) in [6, 6.07) is 9.38. The van der Waals surface area contributed by atoms with Crippen molar-refractivity contribution >= 4 is 5.97 Å². The standard InChI is InChI=1S/C18H26O7/c1-4-22-17(21)15(20)14(19)16(13-11-24-18(2,3)25-13)23-10-12-8-6-5-7-9-12/h5-9,13-16,19-20H,4,10-11H2,1-3H3/t13-,14+,15+,16-/m0/s1. The van der Waals surface area contributed by atoms with E-state index in [-0.39, 0.29) is 19.8 Å². The number of benzene rings is 1. The molecular weight excluding hydrogens is 328 g/mol. The van der Waals surface area contributed by atoms with Crippen LogP contribution in [0.4, 0.5) is 0 Å². The summed E-state index contributed by atoms with van der Waals surface area (Å²) in [5.74, 6) is -1.73. The summed E-state index contributed by atoms with van der Waals surface area (Å²) >= 11 is 0. The number of carbonyl (C=O) groups excluding carboxylic acids is 1.